The standard InChI is InChI=1S/C27H19IN2O/c1-18(22-8-3-9-23(16-22)20-14-12-19(17-29)13-15-20)27(31)30(2)25-11-5-7-21-6-4-10-24(28)26(21)25/h3-16H,1H2,2H3. The zero-order valence-corrected chi connectivity index (χ0v) is 19.1. The molecule has 0 bridgehead atoms. The van der Waals surface area contributed by atoms with Crippen LogP contribution in [0.1, 0.15) is 11.1 Å². The third-order valence-corrected chi connectivity index (χ3v) is 6.21. The van der Waals surface area contributed by atoms with Gasteiger partial charge in [-0.2, -0.15) is 5.26 Å². The van der Waals surface area contributed by atoms with Crippen molar-refractivity contribution < 1.29 is 4.79 Å². The molecule has 4 rings (SSSR count). The van der Waals surface area contributed by atoms with Gasteiger partial charge in [0.05, 0.1) is 17.3 Å². The Morgan fingerprint density at radius 2 is 1.61 bits per heavy atom. The topological polar surface area (TPSA) is 44.1 Å². The molecule has 4 aromatic rings. The predicted octanol–water partition coefficient (Wildman–Crippen LogP) is 6.66. The highest BCUT2D eigenvalue weighted by Gasteiger charge is 2.19. The van der Waals surface area contributed by atoms with Gasteiger partial charge in [-0.25, -0.2) is 0 Å². The van der Waals surface area contributed by atoms with Crippen LogP contribution in [0.15, 0.2) is 91.5 Å². The van der Waals surface area contributed by atoms with E-state index in [9.17, 15) is 4.79 Å². The molecule has 0 atom stereocenters. The van der Waals surface area contributed by atoms with Crippen LogP contribution in [-0.4, -0.2) is 13.0 Å². The molecule has 0 unspecified atom stereocenters. The van der Waals surface area contributed by atoms with Gasteiger partial charge in [-0.1, -0.05) is 61.2 Å². The van der Waals surface area contributed by atoms with Crippen molar-refractivity contribution >= 4 is 50.5 Å². The summed E-state index contributed by atoms with van der Waals surface area (Å²) in [5.74, 6) is -0.149. The maximum atomic E-state index is 13.3. The van der Waals surface area contributed by atoms with Crippen molar-refractivity contribution in [3.8, 4) is 17.2 Å². The molecule has 0 fully saturated rings. The van der Waals surface area contributed by atoms with Gasteiger partial charge in [0, 0.05) is 21.6 Å². The molecule has 4 heteroatoms. The Hall–Kier alpha value is -3.43. The van der Waals surface area contributed by atoms with E-state index in [4.69, 9.17) is 5.26 Å². The maximum Gasteiger partial charge on any atom is 0.258 e. The van der Waals surface area contributed by atoms with E-state index in [1.165, 1.54) is 0 Å². The summed E-state index contributed by atoms with van der Waals surface area (Å²) >= 11 is 2.30. The fraction of sp³-hybridized carbons (Fsp3) is 0.0370. The largest absolute Gasteiger partial charge is 0.311 e. The van der Waals surface area contributed by atoms with E-state index in [2.05, 4.69) is 47.4 Å². The normalized spacial score (nSPS) is 10.5. The monoisotopic (exact) mass is 514 g/mol. The van der Waals surface area contributed by atoms with Crippen molar-refractivity contribution in [2.75, 3.05) is 11.9 Å². The summed E-state index contributed by atoms with van der Waals surface area (Å²) < 4.78 is 1.10. The van der Waals surface area contributed by atoms with Gasteiger partial charge >= 0.3 is 0 Å². The van der Waals surface area contributed by atoms with E-state index in [-0.39, 0.29) is 5.91 Å². The van der Waals surface area contributed by atoms with Gasteiger partial charge in [0.25, 0.3) is 5.91 Å². The predicted molar refractivity (Wildman–Crippen MR) is 136 cm³/mol. The second-order valence-corrected chi connectivity index (χ2v) is 8.39. The van der Waals surface area contributed by atoms with Gasteiger partial charge in [0.1, 0.15) is 0 Å². The minimum absolute atomic E-state index is 0.149. The number of hydrogen-bond donors (Lipinski definition) is 0. The first kappa shape index (κ1) is 20.8. The maximum absolute atomic E-state index is 13.3. The van der Waals surface area contributed by atoms with Crippen LogP contribution in [0.4, 0.5) is 5.69 Å². The Morgan fingerprint density at radius 1 is 0.935 bits per heavy atom. The number of fused-ring (bicyclic) bond motifs is 1. The number of amides is 1. The van der Waals surface area contributed by atoms with Crippen LogP contribution in [0.2, 0.25) is 0 Å². The van der Waals surface area contributed by atoms with E-state index < -0.39 is 0 Å². The summed E-state index contributed by atoms with van der Waals surface area (Å²) in [6.07, 6.45) is 0. The van der Waals surface area contributed by atoms with E-state index in [1.807, 2.05) is 60.7 Å². The van der Waals surface area contributed by atoms with E-state index >= 15 is 0 Å². The fourth-order valence-electron chi connectivity index (χ4n) is 3.61. The lowest BCUT2D eigenvalue weighted by Gasteiger charge is -2.21. The number of carbonyl (C=O) groups is 1. The number of carbonyl (C=O) groups excluding carboxylic acids is 1. The molecule has 31 heavy (non-hydrogen) atoms. The molecule has 0 radical (unpaired) electrons. The van der Waals surface area contributed by atoms with Crippen LogP contribution < -0.4 is 4.90 Å². The number of hydrogen-bond acceptors (Lipinski definition) is 2. The number of likely N-dealkylation sites (N-methyl/N-ethyl adjacent to an activating group) is 1. The SMILES string of the molecule is C=C(C(=O)N(C)c1cccc2cccc(I)c12)c1cccc(-c2ccc(C#N)cc2)c1. The molecule has 0 aliphatic rings. The first-order chi connectivity index (χ1) is 15.0. The Balaban J connectivity index is 1.66. The summed E-state index contributed by atoms with van der Waals surface area (Å²) in [6.45, 7) is 4.10. The Labute approximate surface area is 195 Å². The van der Waals surface area contributed by atoms with Gasteiger partial charge in [-0.15, -0.1) is 0 Å². The van der Waals surface area contributed by atoms with Gasteiger partial charge in [-0.3, -0.25) is 4.79 Å². The number of anilines is 1. The molecule has 0 saturated carbocycles. The summed E-state index contributed by atoms with van der Waals surface area (Å²) in [5, 5.41) is 11.2. The molecule has 4 aromatic carbocycles. The zero-order chi connectivity index (χ0) is 22.0. The second-order valence-electron chi connectivity index (χ2n) is 7.23. The zero-order valence-electron chi connectivity index (χ0n) is 17.0. The molecular weight excluding hydrogens is 495 g/mol. The van der Waals surface area contributed by atoms with E-state index in [0.29, 0.717) is 11.1 Å². The van der Waals surface area contributed by atoms with Crippen LogP contribution in [0.25, 0.3) is 27.5 Å². The fourth-order valence-corrected chi connectivity index (χ4v) is 4.41. The summed E-state index contributed by atoms with van der Waals surface area (Å²) in [5.41, 5.74) is 4.63. The molecule has 0 N–H and O–H groups in total. The Morgan fingerprint density at radius 3 is 2.32 bits per heavy atom. The molecule has 0 aromatic heterocycles. The molecular formula is C27H19IN2O. The quantitative estimate of drug-likeness (QED) is 0.226. The molecule has 0 spiro atoms. The third-order valence-electron chi connectivity index (χ3n) is 5.31. The Kier molecular flexibility index (Phi) is 5.88. The minimum Gasteiger partial charge on any atom is -0.311 e. The average Bonchev–Trinajstić information content (AvgIpc) is 2.82. The lowest BCUT2D eigenvalue weighted by Crippen LogP contribution is -2.27. The molecule has 0 aliphatic carbocycles. The van der Waals surface area contributed by atoms with Crippen LogP contribution in [0, 0.1) is 14.9 Å². The third kappa shape index (κ3) is 4.10. The van der Waals surface area contributed by atoms with E-state index in [0.717, 1.165) is 36.7 Å². The number of benzene rings is 4. The smallest absolute Gasteiger partial charge is 0.258 e. The molecule has 150 valence electrons. The van der Waals surface area contributed by atoms with Gasteiger partial charge < -0.3 is 4.90 Å². The summed E-state index contributed by atoms with van der Waals surface area (Å²) in [6, 6.07) is 29.4. The minimum atomic E-state index is -0.149. The summed E-state index contributed by atoms with van der Waals surface area (Å²) in [7, 11) is 1.79. The van der Waals surface area contributed by atoms with Gasteiger partial charge in [0.2, 0.25) is 0 Å². The molecule has 0 aliphatic heterocycles. The van der Waals surface area contributed by atoms with Crippen molar-refractivity contribution in [3.63, 3.8) is 0 Å². The highest BCUT2D eigenvalue weighted by atomic mass is 127. The van der Waals surface area contributed by atoms with Crippen molar-refractivity contribution in [1.29, 1.82) is 5.26 Å². The summed E-state index contributed by atoms with van der Waals surface area (Å²) in [4.78, 5) is 15.0. The van der Waals surface area contributed by atoms with Crippen LogP contribution in [0.5, 0.6) is 0 Å². The van der Waals surface area contributed by atoms with Crippen LogP contribution in [0.3, 0.4) is 0 Å². The highest BCUT2D eigenvalue weighted by Crippen LogP contribution is 2.32. The average molecular weight is 514 g/mol. The number of nitriles is 1. The lowest BCUT2D eigenvalue weighted by molar-refractivity contribution is -0.113. The number of rotatable bonds is 4. The van der Waals surface area contributed by atoms with E-state index in [1.54, 1.807) is 24.1 Å². The van der Waals surface area contributed by atoms with Crippen molar-refractivity contribution in [2.24, 2.45) is 0 Å². The Bertz CT molecular complexity index is 1340. The first-order valence-corrected chi connectivity index (χ1v) is 10.8. The lowest BCUT2D eigenvalue weighted by atomic mass is 9.98. The van der Waals surface area contributed by atoms with Crippen molar-refractivity contribution in [3.05, 3.63) is 106 Å². The molecule has 3 nitrogen and oxygen atoms in total. The molecule has 0 saturated heterocycles. The van der Waals surface area contributed by atoms with Crippen molar-refractivity contribution in [2.45, 2.75) is 0 Å². The van der Waals surface area contributed by atoms with Crippen LogP contribution >= 0.6 is 22.6 Å². The highest BCUT2D eigenvalue weighted by molar-refractivity contribution is 14.1. The first-order valence-electron chi connectivity index (χ1n) is 9.75. The molecule has 1 amide bonds. The second kappa shape index (κ2) is 8.75. The van der Waals surface area contributed by atoms with Crippen molar-refractivity contribution in [1.82, 2.24) is 0 Å². The molecule has 0 heterocycles. The van der Waals surface area contributed by atoms with Gasteiger partial charge in [-0.05, 0) is 75.0 Å². The number of nitrogens with zero attached hydrogens (tertiary/aromatic N) is 2. The number of halogens is 1. The van der Waals surface area contributed by atoms with Gasteiger partial charge in [0.15, 0.2) is 0 Å². The van der Waals surface area contributed by atoms with Crippen LogP contribution in [-0.2, 0) is 4.79 Å².